The van der Waals surface area contributed by atoms with Crippen molar-refractivity contribution in [3.63, 3.8) is 0 Å². The van der Waals surface area contributed by atoms with E-state index in [4.69, 9.17) is 0 Å². The van der Waals surface area contributed by atoms with Crippen molar-refractivity contribution < 1.29 is 4.79 Å². The van der Waals surface area contributed by atoms with Crippen LogP contribution in [0.5, 0.6) is 0 Å². The summed E-state index contributed by atoms with van der Waals surface area (Å²) < 4.78 is 1.66. The van der Waals surface area contributed by atoms with E-state index in [2.05, 4.69) is 20.6 Å². The lowest BCUT2D eigenvalue weighted by Gasteiger charge is -2.07. The van der Waals surface area contributed by atoms with Crippen LogP contribution in [0.15, 0.2) is 73.2 Å². The average molecular weight is 343 g/mol. The molecule has 0 saturated carbocycles. The van der Waals surface area contributed by atoms with Gasteiger partial charge in [-0.05, 0) is 28.5 Å². The van der Waals surface area contributed by atoms with Crippen LogP contribution in [0.1, 0.15) is 11.3 Å². The summed E-state index contributed by atoms with van der Waals surface area (Å²) in [5.41, 5.74) is 2.59. The van der Waals surface area contributed by atoms with Gasteiger partial charge in [0.05, 0.1) is 24.8 Å². The Bertz CT molecular complexity index is 1040. The first-order chi connectivity index (χ1) is 12.8. The minimum absolute atomic E-state index is 0.0418. The second-order valence-electron chi connectivity index (χ2n) is 5.95. The molecule has 6 heteroatoms. The maximum absolute atomic E-state index is 12.3. The van der Waals surface area contributed by atoms with Crippen molar-refractivity contribution in [2.24, 2.45) is 0 Å². The molecule has 6 nitrogen and oxygen atoms in total. The molecule has 0 spiro atoms. The van der Waals surface area contributed by atoms with E-state index in [0.717, 1.165) is 22.0 Å². The van der Waals surface area contributed by atoms with Crippen molar-refractivity contribution in [1.82, 2.24) is 25.3 Å². The molecular formula is C20H17N5O. The first-order valence-corrected chi connectivity index (χ1v) is 8.34. The van der Waals surface area contributed by atoms with Gasteiger partial charge in [0, 0.05) is 12.4 Å². The van der Waals surface area contributed by atoms with Crippen LogP contribution in [0.2, 0.25) is 0 Å². The molecule has 2 heterocycles. The van der Waals surface area contributed by atoms with Crippen molar-refractivity contribution in [3.05, 3.63) is 84.4 Å². The predicted molar refractivity (Wildman–Crippen MR) is 98.7 cm³/mol. The fourth-order valence-electron chi connectivity index (χ4n) is 2.87. The van der Waals surface area contributed by atoms with Gasteiger partial charge >= 0.3 is 0 Å². The van der Waals surface area contributed by atoms with Gasteiger partial charge in [-0.1, -0.05) is 47.7 Å². The zero-order valence-electron chi connectivity index (χ0n) is 14.0. The van der Waals surface area contributed by atoms with Crippen LogP contribution < -0.4 is 5.32 Å². The Kier molecular flexibility index (Phi) is 4.38. The Balaban J connectivity index is 1.41. The van der Waals surface area contributed by atoms with Gasteiger partial charge in [-0.15, -0.1) is 5.10 Å². The van der Waals surface area contributed by atoms with E-state index in [-0.39, 0.29) is 5.91 Å². The standard InChI is InChI=1S/C20H17N5O/c26-20(12-16-6-3-5-15-4-1-2-7-19(15)16)22-13-17-14-25(24-23-17)18-8-10-21-11-9-18/h1-11,14H,12-13H2,(H,22,26). The van der Waals surface area contributed by atoms with E-state index in [0.29, 0.717) is 18.7 Å². The summed E-state index contributed by atoms with van der Waals surface area (Å²) in [5.74, 6) is -0.0418. The monoisotopic (exact) mass is 343 g/mol. The van der Waals surface area contributed by atoms with Crippen LogP contribution in [0, 0.1) is 0 Å². The highest BCUT2D eigenvalue weighted by atomic mass is 16.1. The number of amides is 1. The SMILES string of the molecule is O=C(Cc1cccc2ccccc12)NCc1cn(-c2ccncc2)nn1. The summed E-state index contributed by atoms with van der Waals surface area (Å²) in [6.45, 7) is 0.342. The number of hydrogen-bond acceptors (Lipinski definition) is 4. The molecule has 0 bridgehead atoms. The third-order valence-electron chi connectivity index (χ3n) is 4.17. The number of fused-ring (bicyclic) bond motifs is 1. The van der Waals surface area contributed by atoms with E-state index in [1.165, 1.54) is 0 Å². The van der Waals surface area contributed by atoms with Crippen molar-refractivity contribution in [1.29, 1.82) is 0 Å². The molecule has 2 aromatic carbocycles. The van der Waals surface area contributed by atoms with Crippen LogP contribution in [0.4, 0.5) is 0 Å². The quantitative estimate of drug-likeness (QED) is 0.605. The average Bonchev–Trinajstić information content (AvgIpc) is 3.17. The van der Waals surface area contributed by atoms with Crippen molar-refractivity contribution in [2.45, 2.75) is 13.0 Å². The molecule has 0 radical (unpaired) electrons. The predicted octanol–water partition coefficient (Wildman–Crippen LogP) is 2.67. The van der Waals surface area contributed by atoms with Gasteiger partial charge in [0.15, 0.2) is 0 Å². The van der Waals surface area contributed by atoms with Crippen molar-refractivity contribution >= 4 is 16.7 Å². The Labute approximate surface area is 150 Å². The maximum atomic E-state index is 12.3. The van der Waals surface area contributed by atoms with E-state index in [1.807, 2.05) is 54.6 Å². The van der Waals surface area contributed by atoms with E-state index >= 15 is 0 Å². The van der Waals surface area contributed by atoms with Crippen molar-refractivity contribution in [3.8, 4) is 5.69 Å². The minimum atomic E-state index is -0.0418. The molecule has 26 heavy (non-hydrogen) atoms. The number of pyridine rings is 1. The maximum Gasteiger partial charge on any atom is 0.224 e. The molecule has 0 saturated heterocycles. The molecule has 1 amide bonds. The molecule has 0 aliphatic rings. The van der Waals surface area contributed by atoms with Crippen molar-refractivity contribution in [2.75, 3.05) is 0 Å². The number of nitrogens with one attached hydrogen (secondary N) is 1. The van der Waals surface area contributed by atoms with Gasteiger partial charge < -0.3 is 5.32 Å². The summed E-state index contributed by atoms with van der Waals surface area (Å²) >= 11 is 0. The number of rotatable bonds is 5. The number of benzene rings is 2. The third-order valence-corrected chi connectivity index (χ3v) is 4.17. The summed E-state index contributed by atoms with van der Waals surface area (Å²) in [7, 11) is 0. The van der Waals surface area contributed by atoms with Crippen LogP contribution in [0.25, 0.3) is 16.5 Å². The lowest BCUT2D eigenvalue weighted by Crippen LogP contribution is -2.24. The Hall–Kier alpha value is -3.54. The van der Waals surface area contributed by atoms with Gasteiger partial charge in [0.1, 0.15) is 5.69 Å². The molecule has 2 aromatic heterocycles. The zero-order chi connectivity index (χ0) is 17.8. The number of carbonyl (C=O) groups excluding carboxylic acids is 1. The highest BCUT2D eigenvalue weighted by Crippen LogP contribution is 2.18. The highest BCUT2D eigenvalue weighted by Gasteiger charge is 2.08. The van der Waals surface area contributed by atoms with Gasteiger partial charge in [-0.25, -0.2) is 4.68 Å². The molecule has 1 N–H and O–H groups in total. The van der Waals surface area contributed by atoms with Crippen LogP contribution in [-0.4, -0.2) is 25.9 Å². The second-order valence-corrected chi connectivity index (χ2v) is 5.95. The first-order valence-electron chi connectivity index (χ1n) is 8.34. The third kappa shape index (κ3) is 3.44. The molecular weight excluding hydrogens is 326 g/mol. The van der Waals surface area contributed by atoms with Crippen LogP contribution >= 0.6 is 0 Å². The molecule has 128 valence electrons. The highest BCUT2D eigenvalue weighted by molar-refractivity contribution is 5.90. The van der Waals surface area contributed by atoms with Crippen LogP contribution in [-0.2, 0) is 17.8 Å². The van der Waals surface area contributed by atoms with E-state index in [1.54, 1.807) is 23.3 Å². The normalized spacial score (nSPS) is 10.8. The van der Waals surface area contributed by atoms with Crippen LogP contribution in [0.3, 0.4) is 0 Å². The molecule has 0 atom stereocenters. The molecule has 0 fully saturated rings. The lowest BCUT2D eigenvalue weighted by atomic mass is 10.0. The fourth-order valence-corrected chi connectivity index (χ4v) is 2.87. The van der Waals surface area contributed by atoms with Gasteiger partial charge in [0.25, 0.3) is 0 Å². The smallest absolute Gasteiger partial charge is 0.224 e. The Morgan fingerprint density at radius 1 is 1.00 bits per heavy atom. The van der Waals surface area contributed by atoms with E-state index < -0.39 is 0 Å². The molecule has 4 rings (SSSR count). The van der Waals surface area contributed by atoms with Gasteiger partial charge in [-0.3, -0.25) is 9.78 Å². The molecule has 4 aromatic rings. The van der Waals surface area contributed by atoms with Gasteiger partial charge in [-0.2, -0.15) is 0 Å². The second kappa shape index (κ2) is 7.14. The first kappa shape index (κ1) is 16.0. The Morgan fingerprint density at radius 2 is 1.81 bits per heavy atom. The number of hydrogen-bond donors (Lipinski definition) is 1. The number of carbonyl (C=O) groups is 1. The Morgan fingerprint density at radius 3 is 2.69 bits per heavy atom. The molecule has 0 unspecified atom stereocenters. The summed E-state index contributed by atoms with van der Waals surface area (Å²) in [6, 6.07) is 17.8. The number of aromatic nitrogens is 4. The van der Waals surface area contributed by atoms with E-state index in [9.17, 15) is 4.79 Å². The summed E-state index contributed by atoms with van der Waals surface area (Å²) in [4.78, 5) is 16.3. The van der Waals surface area contributed by atoms with Gasteiger partial charge in [0.2, 0.25) is 5.91 Å². The summed E-state index contributed by atoms with van der Waals surface area (Å²) in [6.07, 6.45) is 5.53. The molecule has 0 aliphatic carbocycles. The summed E-state index contributed by atoms with van der Waals surface area (Å²) in [5, 5.41) is 13.3. The number of nitrogens with zero attached hydrogens (tertiary/aromatic N) is 4. The zero-order valence-corrected chi connectivity index (χ0v) is 14.0. The largest absolute Gasteiger partial charge is 0.350 e. The fraction of sp³-hybridized carbons (Fsp3) is 0.100. The topological polar surface area (TPSA) is 72.7 Å². The minimum Gasteiger partial charge on any atom is -0.350 e. The molecule has 0 aliphatic heterocycles. The lowest BCUT2D eigenvalue weighted by molar-refractivity contribution is -0.120.